The van der Waals surface area contributed by atoms with Crippen molar-refractivity contribution in [3.63, 3.8) is 0 Å². The van der Waals surface area contributed by atoms with Crippen molar-refractivity contribution in [1.29, 1.82) is 0 Å². The summed E-state index contributed by atoms with van der Waals surface area (Å²) < 4.78 is 13.1. The van der Waals surface area contributed by atoms with Crippen LogP contribution in [0.2, 0.25) is 0 Å². The van der Waals surface area contributed by atoms with Gasteiger partial charge in [0.15, 0.2) is 0 Å². The SMILES string of the molecule is CC(C)(C)NCc1ccc(Sc2cccc(F)c2)nc1. The lowest BCUT2D eigenvalue weighted by Gasteiger charge is -2.20. The van der Waals surface area contributed by atoms with Gasteiger partial charge in [0.25, 0.3) is 0 Å². The number of rotatable bonds is 4. The summed E-state index contributed by atoms with van der Waals surface area (Å²) in [5.74, 6) is -0.221. The van der Waals surface area contributed by atoms with E-state index in [9.17, 15) is 4.39 Å². The third-order valence-corrected chi connectivity index (χ3v) is 3.58. The lowest BCUT2D eigenvalue weighted by atomic mass is 10.1. The Balaban J connectivity index is 1.98. The Hall–Kier alpha value is -1.39. The number of hydrogen-bond donors (Lipinski definition) is 1. The first-order valence-electron chi connectivity index (χ1n) is 6.56. The molecule has 0 amide bonds. The minimum Gasteiger partial charge on any atom is -0.308 e. The largest absolute Gasteiger partial charge is 0.308 e. The first kappa shape index (κ1) is 15.0. The van der Waals surface area contributed by atoms with Crippen LogP contribution in [0.15, 0.2) is 52.5 Å². The van der Waals surface area contributed by atoms with Crippen LogP contribution < -0.4 is 5.32 Å². The van der Waals surface area contributed by atoms with E-state index in [0.717, 1.165) is 22.0 Å². The van der Waals surface area contributed by atoms with Gasteiger partial charge in [-0.3, -0.25) is 0 Å². The maximum atomic E-state index is 13.1. The minimum atomic E-state index is -0.221. The van der Waals surface area contributed by atoms with Gasteiger partial charge in [-0.1, -0.05) is 23.9 Å². The van der Waals surface area contributed by atoms with Crippen molar-refractivity contribution in [3.8, 4) is 0 Å². The first-order valence-corrected chi connectivity index (χ1v) is 7.37. The Morgan fingerprint density at radius 1 is 1.20 bits per heavy atom. The quantitative estimate of drug-likeness (QED) is 0.910. The summed E-state index contributed by atoms with van der Waals surface area (Å²) in [6.45, 7) is 7.19. The van der Waals surface area contributed by atoms with Gasteiger partial charge in [0, 0.05) is 23.2 Å². The van der Waals surface area contributed by atoms with E-state index in [0.29, 0.717) is 0 Å². The van der Waals surface area contributed by atoms with E-state index in [1.165, 1.54) is 23.9 Å². The van der Waals surface area contributed by atoms with Gasteiger partial charge in [-0.15, -0.1) is 0 Å². The van der Waals surface area contributed by atoms with Crippen LogP contribution in [0.4, 0.5) is 4.39 Å². The summed E-state index contributed by atoms with van der Waals surface area (Å²) in [4.78, 5) is 5.26. The van der Waals surface area contributed by atoms with Crippen molar-refractivity contribution < 1.29 is 4.39 Å². The molecule has 0 aliphatic heterocycles. The standard InChI is InChI=1S/C16H19FN2S/c1-16(2,3)19-11-12-7-8-15(18-10-12)20-14-6-4-5-13(17)9-14/h4-10,19H,11H2,1-3H3. The van der Waals surface area contributed by atoms with Gasteiger partial charge in [0.1, 0.15) is 10.8 Å². The zero-order chi connectivity index (χ0) is 14.6. The Morgan fingerprint density at radius 3 is 2.60 bits per heavy atom. The van der Waals surface area contributed by atoms with Crippen LogP contribution in [0.1, 0.15) is 26.3 Å². The van der Waals surface area contributed by atoms with E-state index in [4.69, 9.17) is 0 Å². The monoisotopic (exact) mass is 290 g/mol. The molecule has 1 aromatic heterocycles. The summed E-state index contributed by atoms with van der Waals surface area (Å²) >= 11 is 1.46. The molecule has 1 aromatic carbocycles. The van der Waals surface area contributed by atoms with Crippen LogP contribution in [0, 0.1) is 5.82 Å². The van der Waals surface area contributed by atoms with E-state index in [1.54, 1.807) is 6.07 Å². The van der Waals surface area contributed by atoms with Gasteiger partial charge in [-0.2, -0.15) is 0 Å². The maximum Gasteiger partial charge on any atom is 0.124 e. The fourth-order valence-electron chi connectivity index (χ4n) is 1.59. The van der Waals surface area contributed by atoms with E-state index in [2.05, 4.69) is 31.1 Å². The number of halogens is 1. The molecular weight excluding hydrogens is 271 g/mol. The molecule has 0 radical (unpaired) electrons. The summed E-state index contributed by atoms with van der Waals surface area (Å²) in [6, 6.07) is 10.6. The average Bonchev–Trinajstić information content (AvgIpc) is 2.37. The van der Waals surface area contributed by atoms with Gasteiger partial charge in [-0.05, 0) is 50.6 Å². The van der Waals surface area contributed by atoms with E-state index in [-0.39, 0.29) is 11.4 Å². The second-order valence-electron chi connectivity index (χ2n) is 5.67. The van der Waals surface area contributed by atoms with Crippen molar-refractivity contribution in [2.45, 2.75) is 42.8 Å². The maximum absolute atomic E-state index is 13.1. The lowest BCUT2D eigenvalue weighted by Crippen LogP contribution is -2.35. The number of hydrogen-bond acceptors (Lipinski definition) is 3. The van der Waals surface area contributed by atoms with Crippen LogP contribution >= 0.6 is 11.8 Å². The van der Waals surface area contributed by atoms with E-state index < -0.39 is 0 Å². The molecule has 4 heteroatoms. The highest BCUT2D eigenvalue weighted by atomic mass is 32.2. The van der Waals surface area contributed by atoms with Gasteiger partial charge >= 0.3 is 0 Å². The molecule has 0 fully saturated rings. The average molecular weight is 290 g/mol. The molecule has 0 unspecified atom stereocenters. The first-order chi connectivity index (χ1) is 9.42. The predicted octanol–water partition coefficient (Wildman–Crippen LogP) is 4.26. The highest BCUT2D eigenvalue weighted by molar-refractivity contribution is 7.99. The molecule has 0 aliphatic carbocycles. The Labute approximate surface area is 123 Å². The fraction of sp³-hybridized carbons (Fsp3) is 0.312. The third kappa shape index (κ3) is 4.94. The molecule has 0 aliphatic rings. The van der Waals surface area contributed by atoms with Gasteiger partial charge in [-0.25, -0.2) is 9.37 Å². The molecular formula is C16H19FN2S. The van der Waals surface area contributed by atoms with Crippen molar-refractivity contribution in [2.75, 3.05) is 0 Å². The third-order valence-electron chi connectivity index (χ3n) is 2.64. The van der Waals surface area contributed by atoms with Crippen molar-refractivity contribution in [1.82, 2.24) is 10.3 Å². The zero-order valence-corrected chi connectivity index (χ0v) is 12.8. The Morgan fingerprint density at radius 2 is 2.00 bits per heavy atom. The number of pyridine rings is 1. The molecule has 106 valence electrons. The topological polar surface area (TPSA) is 24.9 Å². The van der Waals surface area contributed by atoms with Crippen LogP contribution in [0.25, 0.3) is 0 Å². The zero-order valence-electron chi connectivity index (χ0n) is 12.0. The normalized spacial score (nSPS) is 11.6. The number of benzene rings is 1. The van der Waals surface area contributed by atoms with Gasteiger partial charge in [0.2, 0.25) is 0 Å². The molecule has 1 heterocycles. The summed E-state index contributed by atoms with van der Waals surface area (Å²) in [7, 11) is 0. The Bertz CT molecular complexity index is 561. The van der Waals surface area contributed by atoms with E-state index in [1.807, 2.05) is 24.4 Å². The van der Waals surface area contributed by atoms with Gasteiger partial charge in [0.05, 0.1) is 0 Å². The van der Waals surface area contributed by atoms with E-state index >= 15 is 0 Å². The predicted molar refractivity (Wildman–Crippen MR) is 81.4 cm³/mol. The summed E-state index contributed by atoms with van der Waals surface area (Å²) in [5, 5.41) is 4.29. The number of nitrogens with zero attached hydrogens (tertiary/aromatic N) is 1. The van der Waals surface area contributed by atoms with Crippen molar-refractivity contribution in [2.24, 2.45) is 0 Å². The molecule has 2 rings (SSSR count). The highest BCUT2D eigenvalue weighted by Crippen LogP contribution is 2.26. The second-order valence-corrected chi connectivity index (χ2v) is 6.76. The van der Waals surface area contributed by atoms with Crippen LogP contribution in [-0.2, 0) is 6.54 Å². The van der Waals surface area contributed by atoms with Crippen LogP contribution in [0.3, 0.4) is 0 Å². The molecule has 0 bridgehead atoms. The van der Waals surface area contributed by atoms with Crippen LogP contribution in [0.5, 0.6) is 0 Å². The molecule has 20 heavy (non-hydrogen) atoms. The fourth-order valence-corrected chi connectivity index (χ4v) is 2.40. The number of nitrogens with one attached hydrogen (secondary N) is 1. The molecule has 1 N–H and O–H groups in total. The molecule has 0 saturated heterocycles. The molecule has 0 spiro atoms. The smallest absolute Gasteiger partial charge is 0.124 e. The number of aromatic nitrogens is 1. The van der Waals surface area contributed by atoms with Gasteiger partial charge < -0.3 is 5.32 Å². The molecule has 2 nitrogen and oxygen atoms in total. The molecule has 0 saturated carbocycles. The van der Waals surface area contributed by atoms with Crippen molar-refractivity contribution in [3.05, 3.63) is 54.0 Å². The molecule has 2 aromatic rings. The lowest BCUT2D eigenvalue weighted by molar-refractivity contribution is 0.424. The highest BCUT2D eigenvalue weighted by Gasteiger charge is 2.08. The van der Waals surface area contributed by atoms with Crippen molar-refractivity contribution >= 4 is 11.8 Å². The minimum absolute atomic E-state index is 0.0922. The second kappa shape index (κ2) is 6.37. The van der Waals surface area contributed by atoms with Crippen LogP contribution in [-0.4, -0.2) is 10.5 Å². The molecule has 0 atom stereocenters. The Kier molecular flexibility index (Phi) is 4.78. The summed E-state index contributed by atoms with van der Waals surface area (Å²) in [6.07, 6.45) is 1.86. The summed E-state index contributed by atoms with van der Waals surface area (Å²) in [5.41, 5.74) is 1.23.